The Hall–Kier alpha value is -1.50. The zero-order valence-corrected chi connectivity index (χ0v) is 11.1. The van der Waals surface area contributed by atoms with Crippen LogP contribution in [-0.4, -0.2) is 14.5 Å². The Morgan fingerprint density at radius 2 is 2.17 bits per heavy atom. The topological polar surface area (TPSA) is 39.9 Å². The second kappa shape index (κ2) is 5.43. The van der Waals surface area contributed by atoms with Crippen LogP contribution in [0.25, 0.3) is 0 Å². The van der Waals surface area contributed by atoms with E-state index in [1.807, 2.05) is 0 Å². The Bertz CT molecular complexity index is 545. The summed E-state index contributed by atoms with van der Waals surface area (Å²) in [6.45, 7) is -0.966. The predicted octanol–water partition coefficient (Wildman–Crippen LogP) is 3.32. The molecule has 2 aromatic rings. The molecule has 4 nitrogen and oxygen atoms in total. The highest BCUT2D eigenvalue weighted by molar-refractivity contribution is 9.10. The third kappa shape index (κ3) is 3.04. The first-order valence-corrected chi connectivity index (χ1v) is 5.93. The first kappa shape index (κ1) is 12.9. The van der Waals surface area contributed by atoms with E-state index in [2.05, 4.69) is 25.9 Å². The Kier molecular flexibility index (Phi) is 3.90. The highest BCUT2D eigenvalue weighted by Gasteiger charge is 2.12. The Morgan fingerprint density at radius 1 is 1.39 bits per heavy atom. The molecule has 0 amide bonds. The third-order valence-electron chi connectivity index (χ3n) is 2.23. The highest BCUT2D eigenvalue weighted by Crippen LogP contribution is 2.16. The van der Waals surface area contributed by atoms with Crippen molar-refractivity contribution in [3.05, 3.63) is 40.5 Å². The van der Waals surface area contributed by atoms with Crippen LogP contribution in [0.5, 0.6) is 5.88 Å². The molecule has 7 heteroatoms. The normalized spacial score (nSPS) is 10.9. The van der Waals surface area contributed by atoms with E-state index in [0.717, 1.165) is 4.57 Å². The summed E-state index contributed by atoms with van der Waals surface area (Å²) in [5.74, 6) is 0.666. The largest absolute Gasteiger partial charge is 0.471 e. The molecular weight excluding hydrogens is 308 g/mol. The fourth-order valence-corrected chi connectivity index (χ4v) is 1.76. The lowest BCUT2D eigenvalue weighted by molar-refractivity contribution is 0.0678. The van der Waals surface area contributed by atoms with Crippen LogP contribution in [0.1, 0.15) is 18.1 Å². The van der Waals surface area contributed by atoms with Gasteiger partial charge in [-0.25, -0.2) is 9.97 Å². The van der Waals surface area contributed by atoms with Gasteiger partial charge in [-0.05, 0) is 28.9 Å². The molecule has 0 saturated heterocycles. The maximum Gasteiger partial charge on any atom is 0.319 e. The maximum absolute atomic E-state index is 12.5. The van der Waals surface area contributed by atoms with Crippen molar-refractivity contribution in [1.82, 2.24) is 14.5 Å². The van der Waals surface area contributed by atoms with Gasteiger partial charge in [0.15, 0.2) is 0 Å². The van der Waals surface area contributed by atoms with Crippen molar-refractivity contribution in [3.63, 3.8) is 0 Å². The average molecular weight is 318 g/mol. The molecule has 2 aromatic heterocycles. The number of hydrogen-bond donors (Lipinski definition) is 0. The monoisotopic (exact) mass is 317 g/mol. The van der Waals surface area contributed by atoms with Crippen LogP contribution >= 0.6 is 15.9 Å². The highest BCUT2D eigenvalue weighted by atomic mass is 79.9. The molecule has 0 fully saturated rings. The van der Waals surface area contributed by atoms with Gasteiger partial charge in [-0.1, -0.05) is 6.07 Å². The van der Waals surface area contributed by atoms with Gasteiger partial charge >= 0.3 is 6.55 Å². The van der Waals surface area contributed by atoms with E-state index >= 15 is 0 Å². The Balaban J connectivity index is 2.04. The molecule has 0 spiro atoms. The summed E-state index contributed by atoms with van der Waals surface area (Å²) >= 11 is 3.21. The van der Waals surface area contributed by atoms with Gasteiger partial charge in [0.2, 0.25) is 5.88 Å². The Labute approximate surface area is 111 Å². The third-order valence-corrected chi connectivity index (χ3v) is 2.68. The molecule has 18 heavy (non-hydrogen) atoms. The number of ether oxygens (including phenoxy) is 1. The fraction of sp³-hybridized carbons (Fsp3) is 0.273. The standard InChI is InChI=1S/C11H10BrF2N3O/c1-7-15-8(5-17(7)11(13)14)6-18-10-4-2-3-9(12)16-10/h2-5,11H,6H2,1H3. The minimum atomic E-state index is -2.59. The quantitative estimate of drug-likeness (QED) is 0.812. The van der Waals surface area contributed by atoms with Gasteiger partial charge in [0.25, 0.3) is 0 Å². The average Bonchev–Trinajstić information content (AvgIpc) is 2.68. The van der Waals surface area contributed by atoms with Crippen molar-refractivity contribution in [2.45, 2.75) is 20.1 Å². The van der Waals surface area contributed by atoms with E-state index in [1.54, 1.807) is 18.2 Å². The summed E-state index contributed by atoms with van der Waals surface area (Å²) in [6, 6.07) is 5.22. The summed E-state index contributed by atoms with van der Waals surface area (Å²) in [5, 5.41) is 0. The van der Waals surface area contributed by atoms with Crippen LogP contribution in [0.3, 0.4) is 0 Å². The summed E-state index contributed by atoms with van der Waals surface area (Å²) < 4.78 is 31.8. The minimum absolute atomic E-state index is 0.101. The molecule has 0 aliphatic carbocycles. The zero-order valence-electron chi connectivity index (χ0n) is 9.48. The minimum Gasteiger partial charge on any atom is -0.471 e. The van der Waals surface area contributed by atoms with Crippen LogP contribution in [0.4, 0.5) is 8.78 Å². The maximum atomic E-state index is 12.5. The van der Waals surface area contributed by atoms with Gasteiger partial charge in [0.1, 0.15) is 17.0 Å². The molecular formula is C11H10BrF2N3O. The first-order chi connectivity index (χ1) is 8.56. The van der Waals surface area contributed by atoms with Crippen LogP contribution in [0, 0.1) is 6.92 Å². The fourth-order valence-electron chi connectivity index (χ4n) is 1.43. The van der Waals surface area contributed by atoms with E-state index in [-0.39, 0.29) is 12.4 Å². The van der Waals surface area contributed by atoms with Gasteiger partial charge < -0.3 is 4.74 Å². The van der Waals surface area contributed by atoms with Gasteiger partial charge in [0, 0.05) is 12.3 Å². The summed E-state index contributed by atoms with van der Waals surface area (Å²) in [4.78, 5) is 8.05. The molecule has 0 radical (unpaired) electrons. The number of alkyl halides is 2. The van der Waals surface area contributed by atoms with E-state index in [1.165, 1.54) is 13.1 Å². The molecule has 0 aromatic carbocycles. The molecule has 0 aliphatic heterocycles. The molecule has 0 atom stereocenters. The van der Waals surface area contributed by atoms with E-state index < -0.39 is 6.55 Å². The number of rotatable bonds is 4. The van der Waals surface area contributed by atoms with Gasteiger partial charge in [0.05, 0.1) is 5.69 Å². The zero-order chi connectivity index (χ0) is 13.1. The van der Waals surface area contributed by atoms with Gasteiger partial charge in [-0.2, -0.15) is 8.78 Å². The summed E-state index contributed by atoms with van der Waals surface area (Å²) in [7, 11) is 0. The lowest BCUT2D eigenvalue weighted by Crippen LogP contribution is -1.98. The molecule has 0 saturated carbocycles. The number of imidazole rings is 1. The lowest BCUT2D eigenvalue weighted by atomic mass is 10.5. The lowest BCUT2D eigenvalue weighted by Gasteiger charge is -2.02. The van der Waals surface area contributed by atoms with Gasteiger partial charge in [-0.15, -0.1) is 0 Å². The summed E-state index contributed by atoms with van der Waals surface area (Å²) in [5.41, 5.74) is 0.439. The molecule has 96 valence electrons. The molecule has 0 bridgehead atoms. The van der Waals surface area contributed by atoms with Crippen molar-refractivity contribution < 1.29 is 13.5 Å². The van der Waals surface area contributed by atoms with Crippen LogP contribution in [0.2, 0.25) is 0 Å². The van der Waals surface area contributed by atoms with Crippen LogP contribution < -0.4 is 4.74 Å². The van der Waals surface area contributed by atoms with E-state index in [0.29, 0.717) is 16.2 Å². The van der Waals surface area contributed by atoms with Crippen molar-refractivity contribution in [2.75, 3.05) is 0 Å². The first-order valence-electron chi connectivity index (χ1n) is 5.14. The Morgan fingerprint density at radius 3 is 2.78 bits per heavy atom. The number of aryl methyl sites for hydroxylation is 1. The number of aromatic nitrogens is 3. The molecule has 0 N–H and O–H groups in total. The van der Waals surface area contributed by atoms with Crippen molar-refractivity contribution >= 4 is 15.9 Å². The van der Waals surface area contributed by atoms with E-state index in [4.69, 9.17) is 4.74 Å². The number of nitrogens with zero attached hydrogens (tertiary/aromatic N) is 3. The smallest absolute Gasteiger partial charge is 0.319 e. The molecule has 2 heterocycles. The van der Waals surface area contributed by atoms with Crippen LogP contribution in [0.15, 0.2) is 29.0 Å². The number of hydrogen-bond acceptors (Lipinski definition) is 3. The van der Waals surface area contributed by atoms with Crippen molar-refractivity contribution in [2.24, 2.45) is 0 Å². The molecule has 0 unspecified atom stereocenters. The van der Waals surface area contributed by atoms with Gasteiger partial charge in [-0.3, -0.25) is 4.57 Å². The molecule has 0 aliphatic rings. The van der Waals surface area contributed by atoms with Crippen molar-refractivity contribution in [1.29, 1.82) is 0 Å². The predicted molar refractivity (Wildman–Crippen MR) is 64.5 cm³/mol. The molecule has 2 rings (SSSR count). The van der Waals surface area contributed by atoms with Crippen LogP contribution in [-0.2, 0) is 6.61 Å². The summed E-state index contributed by atoms with van der Waals surface area (Å²) in [6.07, 6.45) is 1.28. The van der Waals surface area contributed by atoms with Crippen molar-refractivity contribution in [3.8, 4) is 5.88 Å². The second-order valence-corrected chi connectivity index (χ2v) is 4.36. The second-order valence-electron chi connectivity index (χ2n) is 3.55. The SMILES string of the molecule is Cc1nc(COc2cccc(Br)n2)cn1C(F)F. The van der Waals surface area contributed by atoms with E-state index in [9.17, 15) is 8.78 Å². The number of halogens is 3. The number of pyridine rings is 1.